The number of carbonyl (C=O) groups is 1. The highest BCUT2D eigenvalue weighted by Crippen LogP contribution is 2.28. The van der Waals surface area contributed by atoms with E-state index in [2.05, 4.69) is 11.1 Å². The normalized spacial score (nSPS) is 15.8. The van der Waals surface area contributed by atoms with Gasteiger partial charge in [-0.05, 0) is 54.7 Å². The lowest BCUT2D eigenvalue weighted by Crippen LogP contribution is -2.44. The summed E-state index contributed by atoms with van der Waals surface area (Å²) in [4.78, 5) is 19.6. The first kappa shape index (κ1) is 21.5. The van der Waals surface area contributed by atoms with E-state index in [1.54, 1.807) is 24.4 Å². The van der Waals surface area contributed by atoms with Crippen LogP contribution in [0.4, 0.5) is 0 Å². The number of benzene rings is 2. The fourth-order valence-electron chi connectivity index (χ4n) is 4.04. The number of rotatable bonds is 5. The number of aliphatic hydroxyl groups excluding tert-OH is 1. The van der Waals surface area contributed by atoms with Crippen LogP contribution in [-0.4, -0.2) is 40.1 Å². The van der Waals surface area contributed by atoms with E-state index < -0.39 is 0 Å². The zero-order valence-corrected chi connectivity index (χ0v) is 18.0. The second kappa shape index (κ2) is 9.63. The van der Waals surface area contributed by atoms with Gasteiger partial charge in [-0.25, -0.2) is 4.98 Å². The molecule has 2 aromatic carbocycles. The molecule has 1 N–H and O–H groups in total. The summed E-state index contributed by atoms with van der Waals surface area (Å²) in [6, 6.07) is 19.0. The van der Waals surface area contributed by atoms with Gasteiger partial charge in [-0.3, -0.25) is 4.79 Å². The number of carbonyl (C=O) groups excluding carboxylic acids is 1. The third kappa shape index (κ3) is 4.48. The van der Waals surface area contributed by atoms with E-state index in [9.17, 15) is 15.2 Å². The van der Waals surface area contributed by atoms with Crippen LogP contribution in [0.5, 0.6) is 5.88 Å². The van der Waals surface area contributed by atoms with Crippen LogP contribution in [0.3, 0.4) is 0 Å². The number of aliphatic hydroxyl groups is 1. The van der Waals surface area contributed by atoms with Gasteiger partial charge in [0, 0.05) is 23.9 Å². The van der Waals surface area contributed by atoms with Crippen molar-refractivity contribution in [3.8, 4) is 23.1 Å². The Labute approximate surface area is 187 Å². The zero-order chi connectivity index (χ0) is 22.5. The van der Waals surface area contributed by atoms with Crippen molar-refractivity contribution < 1.29 is 14.6 Å². The topological polar surface area (TPSA) is 86.5 Å². The van der Waals surface area contributed by atoms with Crippen molar-refractivity contribution >= 4 is 5.91 Å². The Kier molecular flexibility index (Phi) is 6.48. The summed E-state index contributed by atoms with van der Waals surface area (Å²) in [5.74, 6) is 0.387. The number of amides is 1. The molecule has 1 saturated heterocycles. The molecular formula is C26H25N3O3. The molecule has 1 aliphatic rings. The molecule has 1 fully saturated rings. The second-order valence-corrected chi connectivity index (χ2v) is 7.94. The minimum atomic E-state index is -0.190. The molecule has 4 rings (SSSR count). The fourth-order valence-corrected chi connectivity index (χ4v) is 4.04. The highest BCUT2D eigenvalue weighted by molar-refractivity contribution is 6.01. The molecule has 1 aromatic heterocycles. The number of ether oxygens (including phenoxy) is 1. The van der Waals surface area contributed by atoms with Crippen molar-refractivity contribution in [1.82, 2.24) is 9.88 Å². The Bertz CT molecular complexity index is 1150. The van der Waals surface area contributed by atoms with Gasteiger partial charge in [0.1, 0.15) is 6.10 Å². The van der Waals surface area contributed by atoms with Gasteiger partial charge in [-0.1, -0.05) is 36.4 Å². The lowest BCUT2D eigenvalue weighted by atomic mass is 9.95. The van der Waals surface area contributed by atoms with Crippen LogP contribution in [0.15, 0.2) is 60.8 Å². The molecule has 1 aliphatic heterocycles. The molecule has 3 aromatic rings. The van der Waals surface area contributed by atoms with Crippen LogP contribution in [0.2, 0.25) is 0 Å². The van der Waals surface area contributed by atoms with E-state index in [-0.39, 0.29) is 18.6 Å². The molecule has 1 amide bonds. The van der Waals surface area contributed by atoms with E-state index in [0.29, 0.717) is 35.7 Å². The summed E-state index contributed by atoms with van der Waals surface area (Å²) < 4.78 is 6.11. The smallest absolute Gasteiger partial charge is 0.254 e. The molecule has 0 saturated carbocycles. The summed E-state index contributed by atoms with van der Waals surface area (Å²) in [6.07, 6.45) is 3.02. The Balaban J connectivity index is 1.57. The third-order valence-corrected chi connectivity index (χ3v) is 5.80. The molecule has 0 bridgehead atoms. The molecule has 6 heteroatoms. The van der Waals surface area contributed by atoms with Gasteiger partial charge in [-0.2, -0.15) is 5.26 Å². The highest BCUT2D eigenvalue weighted by Gasteiger charge is 2.28. The lowest BCUT2D eigenvalue weighted by Gasteiger charge is -2.33. The predicted octanol–water partition coefficient (Wildman–Crippen LogP) is 4.10. The number of piperidine rings is 1. The van der Waals surface area contributed by atoms with Crippen LogP contribution >= 0.6 is 0 Å². The van der Waals surface area contributed by atoms with Crippen molar-refractivity contribution in [2.75, 3.05) is 13.1 Å². The predicted molar refractivity (Wildman–Crippen MR) is 121 cm³/mol. The summed E-state index contributed by atoms with van der Waals surface area (Å²) in [5, 5.41) is 18.8. The molecule has 2 heterocycles. The van der Waals surface area contributed by atoms with Crippen molar-refractivity contribution in [3.63, 3.8) is 0 Å². The standard InChI is InChI=1S/C26H25N3O3/c1-18-21(15-27)11-12-28-25(18)32-22-8-5-13-29(16-22)26(31)23-10-9-19(17-30)14-24(23)20-6-3-2-4-7-20/h2-4,6-7,9-12,14,22,30H,5,8,13,16-17H2,1H3/t22-/m1/s1. The second-order valence-electron chi connectivity index (χ2n) is 7.94. The van der Waals surface area contributed by atoms with Gasteiger partial charge in [0.15, 0.2) is 0 Å². The quantitative estimate of drug-likeness (QED) is 0.662. The molecule has 162 valence electrons. The SMILES string of the molecule is Cc1c(C#N)ccnc1O[C@@H]1CCCN(C(=O)c2ccc(CO)cc2-c2ccccc2)C1. The van der Waals surface area contributed by atoms with Crippen molar-refractivity contribution in [1.29, 1.82) is 5.26 Å². The average Bonchev–Trinajstić information content (AvgIpc) is 2.85. The third-order valence-electron chi connectivity index (χ3n) is 5.80. The van der Waals surface area contributed by atoms with Crippen LogP contribution in [0, 0.1) is 18.3 Å². The average molecular weight is 428 g/mol. The molecule has 0 unspecified atom stereocenters. The first-order chi connectivity index (χ1) is 15.6. The van der Waals surface area contributed by atoms with Gasteiger partial charge < -0.3 is 14.7 Å². The van der Waals surface area contributed by atoms with Crippen molar-refractivity contribution in [2.24, 2.45) is 0 Å². The van der Waals surface area contributed by atoms with E-state index in [1.165, 1.54) is 0 Å². The molecular weight excluding hydrogens is 402 g/mol. The van der Waals surface area contributed by atoms with Gasteiger partial charge in [-0.15, -0.1) is 0 Å². The lowest BCUT2D eigenvalue weighted by molar-refractivity contribution is 0.0527. The Hall–Kier alpha value is -3.69. The van der Waals surface area contributed by atoms with Gasteiger partial charge >= 0.3 is 0 Å². The molecule has 1 atom stereocenters. The Morgan fingerprint density at radius 3 is 2.81 bits per heavy atom. The summed E-state index contributed by atoms with van der Waals surface area (Å²) in [7, 11) is 0. The maximum atomic E-state index is 13.5. The first-order valence-corrected chi connectivity index (χ1v) is 10.7. The fraction of sp³-hybridized carbons (Fsp3) is 0.269. The van der Waals surface area contributed by atoms with E-state index >= 15 is 0 Å². The van der Waals surface area contributed by atoms with Gasteiger partial charge in [0.2, 0.25) is 5.88 Å². The van der Waals surface area contributed by atoms with Crippen molar-refractivity contribution in [2.45, 2.75) is 32.5 Å². The minimum absolute atomic E-state index is 0.0582. The molecule has 0 spiro atoms. The number of likely N-dealkylation sites (tertiary alicyclic amines) is 1. The maximum Gasteiger partial charge on any atom is 0.254 e. The first-order valence-electron chi connectivity index (χ1n) is 10.7. The monoisotopic (exact) mass is 427 g/mol. The number of pyridine rings is 1. The summed E-state index contributed by atoms with van der Waals surface area (Å²) >= 11 is 0. The summed E-state index contributed by atoms with van der Waals surface area (Å²) in [5.41, 5.74) is 4.36. The van der Waals surface area contributed by atoms with Gasteiger partial charge in [0.05, 0.1) is 24.8 Å². The number of hydrogen-bond donors (Lipinski definition) is 1. The molecule has 0 aliphatic carbocycles. The number of hydrogen-bond acceptors (Lipinski definition) is 5. The van der Waals surface area contributed by atoms with Gasteiger partial charge in [0.25, 0.3) is 5.91 Å². The molecule has 0 radical (unpaired) electrons. The zero-order valence-electron chi connectivity index (χ0n) is 18.0. The Morgan fingerprint density at radius 2 is 2.06 bits per heavy atom. The number of nitrogens with zero attached hydrogens (tertiary/aromatic N) is 3. The largest absolute Gasteiger partial charge is 0.472 e. The molecule has 6 nitrogen and oxygen atoms in total. The van der Waals surface area contributed by atoms with Crippen LogP contribution in [-0.2, 0) is 6.61 Å². The van der Waals surface area contributed by atoms with E-state index in [4.69, 9.17) is 4.74 Å². The summed E-state index contributed by atoms with van der Waals surface area (Å²) in [6.45, 7) is 2.84. The highest BCUT2D eigenvalue weighted by atomic mass is 16.5. The number of nitriles is 1. The van der Waals surface area contributed by atoms with Crippen molar-refractivity contribution in [3.05, 3.63) is 83.0 Å². The number of aromatic nitrogens is 1. The Morgan fingerprint density at radius 1 is 1.25 bits per heavy atom. The van der Waals surface area contributed by atoms with Crippen LogP contribution in [0.1, 0.15) is 39.9 Å². The maximum absolute atomic E-state index is 13.5. The molecule has 32 heavy (non-hydrogen) atoms. The van der Waals surface area contributed by atoms with Crippen LogP contribution in [0.25, 0.3) is 11.1 Å². The van der Waals surface area contributed by atoms with E-state index in [0.717, 1.165) is 29.5 Å². The minimum Gasteiger partial charge on any atom is -0.472 e. The van der Waals surface area contributed by atoms with Crippen LogP contribution < -0.4 is 4.74 Å². The van der Waals surface area contributed by atoms with E-state index in [1.807, 2.05) is 48.2 Å².